The van der Waals surface area contributed by atoms with Crippen molar-refractivity contribution in [3.8, 4) is 0 Å². The highest BCUT2D eigenvalue weighted by atomic mass is 14.2. The minimum Gasteiger partial charge on any atom is -0.0654 e. The van der Waals surface area contributed by atoms with Gasteiger partial charge < -0.3 is 0 Å². The minimum absolute atomic E-state index is 1.31. The van der Waals surface area contributed by atoms with Crippen molar-refractivity contribution < 1.29 is 0 Å². The van der Waals surface area contributed by atoms with Crippen LogP contribution in [0.15, 0.2) is 18.2 Å². The Balaban J connectivity index is 1.94. The number of rotatable bonds is 5. The van der Waals surface area contributed by atoms with Crippen molar-refractivity contribution in [3.05, 3.63) is 34.9 Å². The number of benzene rings is 1. The fraction of sp³-hybridized carbons (Fsp3) is 0.600. The molecule has 0 spiro atoms. The molecular weight excluding hydrogens is 180 g/mol. The average Bonchev–Trinajstić information content (AvgIpc) is 2.73. The molecule has 1 aromatic rings. The van der Waals surface area contributed by atoms with E-state index in [0.29, 0.717) is 0 Å². The first-order valence-electron chi connectivity index (χ1n) is 6.51. The van der Waals surface area contributed by atoms with E-state index in [1.165, 1.54) is 51.4 Å². The molecule has 0 aromatic heterocycles. The summed E-state index contributed by atoms with van der Waals surface area (Å²) in [6, 6.07) is 6.91. The fourth-order valence-electron chi connectivity index (χ4n) is 2.68. The average molecular weight is 202 g/mol. The van der Waals surface area contributed by atoms with Crippen molar-refractivity contribution in [1.82, 2.24) is 0 Å². The van der Waals surface area contributed by atoms with Crippen LogP contribution in [0.3, 0.4) is 0 Å². The molecule has 0 atom stereocenters. The molecule has 1 aromatic carbocycles. The summed E-state index contributed by atoms with van der Waals surface area (Å²) in [5.74, 6) is 0. The van der Waals surface area contributed by atoms with Crippen molar-refractivity contribution >= 4 is 0 Å². The van der Waals surface area contributed by atoms with Gasteiger partial charge in [-0.2, -0.15) is 0 Å². The van der Waals surface area contributed by atoms with Crippen LogP contribution >= 0.6 is 0 Å². The van der Waals surface area contributed by atoms with Crippen molar-refractivity contribution in [3.63, 3.8) is 0 Å². The third kappa shape index (κ3) is 2.62. The van der Waals surface area contributed by atoms with Gasteiger partial charge in [0.05, 0.1) is 0 Å². The van der Waals surface area contributed by atoms with E-state index < -0.39 is 0 Å². The van der Waals surface area contributed by atoms with Gasteiger partial charge in [0.15, 0.2) is 0 Å². The Hall–Kier alpha value is -0.780. The Bertz CT molecular complexity index is 312. The zero-order chi connectivity index (χ0) is 10.5. The highest BCUT2D eigenvalue weighted by Gasteiger charge is 2.13. The third-order valence-electron chi connectivity index (χ3n) is 3.54. The van der Waals surface area contributed by atoms with Crippen molar-refractivity contribution in [2.45, 2.75) is 58.3 Å². The van der Waals surface area contributed by atoms with E-state index in [9.17, 15) is 0 Å². The summed E-state index contributed by atoms with van der Waals surface area (Å²) >= 11 is 0. The van der Waals surface area contributed by atoms with Crippen LogP contribution < -0.4 is 0 Å². The first kappa shape index (κ1) is 10.7. The summed E-state index contributed by atoms with van der Waals surface area (Å²) in [4.78, 5) is 0. The maximum atomic E-state index is 2.34. The minimum atomic E-state index is 1.31. The maximum absolute atomic E-state index is 2.34. The van der Waals surface area contributed by atoms with E-state index in [1.807, 2.05) is 0 Å². The van der Waals surface area contributed by atoms with Gasteiger partial charge in [-0.1, -0.05) is 44.4 Å². The van der Waals surface area contributed by atoms with Gasteiger partial charge >= 0.3 is 0 Å². The van der Waals surface area contributed by atoms with Crippen LogP contribution in [0.1, 0.15) is 55.7 Å². The van der Waals surface area contributed by atoms with Crippen LogP contribution in [0.25, 0.3) is 0 Å². The predicted octanol–water partition coefficient (Wildman–Crippen LogP) is 4.30. The number of unbranched alkanes of at least 4 members (excludes halogenated alkanes) is 3. The molecule has 0 saturated heterocycles. The molecule has 0 aliphatic heterocycles. The monoisotopic (exact) mass is 202 g/mol. The van der Waals surface area contributed by atoms with Crippen LogP contribution in [0.2, 0.25) is 0 Å². The number of aryl methyl sites for hydroxylation is 2. The molecule has 0 nitrogen and oxygen atoms in total. The van der Waals surface area contributed by atoms with Crippen LogP contribution in [-0.4, -0.2) is 0 Å². The highest BCUT2D eigenvalue weighted by Crippen LogP contribution is 2.26. The first-order chi connectivity index (χ1) is 7.42. The summed E-state index contributed by atoms with van der Waals surface area (Å²) in [7, 11) is 0. The van der Waals surface area contributed by atoms with E-state index >= 15 is 0 Å². The van der Waals surface area contributed by atoms with Crippen molar-refractivity contribution in [2.75, 3.05) is 0 Å². The SMILES string of the molecule is CCCCCCc1cccc2c1CCC2. The smallest absolute Gasteiger partial charge is 0.0270 e. The Kier molecular flexibility index (Phi) is 3.82. The lowest BCUT2D eigenvalue weighted by Gasteiger charge is -2.07. The largest absolute Gasteiger partial charge is 0.0654 e. The lowest BCUT2D eigenvalue weighted by Crippen LogP contribution is -1.93. The summed E-state index contributed by atoms with van der Waals surface area (Å²) < 4.78 is 0. The number of hydrogen-bond donors (Lipinski definition) is 0. The molecule has 0 amide bonds. The summed E-state index contributed by atoms with van der Waals surface area (Å²) in [6.07, 6.45) is 10.9. The van der Waals surface area contributed by atoms with Gasteiger partial charge in [0.25, 0.3) is 0 Å². The molecular formula is C15H22. The van der Waals surface area contributed by atoms with Gasteiger partial charge in [0.1, 0.15) is 0 Å². The molecule has 82 valence electrons. The zero-order valence-electron chi connectivity index (χ0n) is 9.89. The number of fused-ring (bicyclic) bond motifs is 1. The Morgan fingerprint density at radius 2 is 2.00 bits per heavy atom. The van der Waals surface area contributed by atoms with E-state index in [2.05, 4.69) is 25.1 Å². The molecule has 15 heavy (non-hydrogen) atoms. The number of hydrogen-bond acceptors (Lipinski definition) is 0. The molecule has 0 fully saturated rings. The molecule has 1 aliphatic rings. The van der Waals surface area contributed by atoms with Gasteiger partial charge in [-0.05, 0) is 48.8 Å². The van der Waals surface area contributed by atoms with Gasteiger partial charge in [-0.3, -0.25) is 0 Å². The van der Waals surface area contributed by atoms with Gasteiger partial charge in [0.2, 0.25) is 0 Å². The normalized spacial score (nSPS) is 14.2. The molecule has 0 heteroatoms. The zero-order valence-corrected chi connectivity index (χ0v) is 9.89. The lowest BCUT2D eigenvalue weighted by molar-refractivity contribution is 0.665. The molecule has 0 heterocycles. The Morgan fingerprint density at radius 1 is 1.07 bits per heavy atom. The van der Waals surface area contributed by atoms with E-state index in [-0.39, 0.29) is 0 Å². The molecule has 0 radical (unpaired) electrons. The molecule has 0 unspecified atom stereocenters. The van der Waals surface area contributed by atoms with Gasteiger partial charge in [0, 0.05) is 0 Å². The summed E-state index contributed by atoms with van der Waals surface area (Å²) in [5, 5.41) is 0. The van der Waals surface area contributed by atoms with Gasteiger partial charge in [-0.25, -0.2) is 0 Å². The Labute approximate surface area is 93.7 Å². The second kappa shape index (κ2) is 5.34. The maximum Gasteiger partial charge on any atom is -0.0270 e. The van der Waals surface area contributed by atoms with Crippen LogP contribution in [0.5, 0.6) is 0 Å². The van der Waals surface area contributed by atoms with Crippen LogP contribution in [0, 0.1) is 0 Å². The van der Waals surface area contributed by atoms with Crippen molar-refractivity contribution in [1.29, 1.82) is 0 Å². The lowest BCUT2D eigenvalue weighted by atomic mass is 9.98. The van der Waals surface area contributed by atoms with Crippen LogP contribution in [0.4, 0.5) is 0 Å². The van der Waals surface area contributed by atoms with Crippen molar-refractivity contribution in [2.24, 2.45) is 0 Å². The second-order valence-corrected chi connectivity index (χ2v) is 4.72. The quantitative estimate of drug-likeness (QED) is 0.624. The summed E-state index contributed by atoms with van der Waals surface area (Å²) in [5.41, 5.74) is 4.96. The molecule has 0 N–H and O–H groups in total. The van der Waals surface area contributed by atoms with E-state index in [0.717, 1.165) is 0 Å². The Morgan fingerprint density at radius 3 is 2.87 bits per heavy atom. The molecule has 0 saturated carbocycles. The molecule has 2 rings (SSSR count). The van der Waals surface area contributed by atoms with Gasteiger partial charge in [-0.15, -0.1) is 0 Å². The summed E-state index contributed by atoms with van der Waals surface area (Å²) in [6.45, 7) is 2.28. The fourth-order valence-corrected chi connectivity index (χ4v) is 2.68. The van der Waals surface area contributed by atoms with E-state index in [1.54, 1.807) is 16.7 Å². The predicted molar refractivity (Wildman–Crippen MR) is 66.3 cm³/mol. The second-order valence-electron chi connectivity index (χ2n) is 4.72. The topological polar surface area (TPSA) is 0 Å². The standard InChI is InChI=1S/C15H22/c1-2-3-4-5-8-13-9-6-10-14-11-7-12-15(13)14/h6,9-10H,2-5,7-8,11-12H2,1H3. The third-order valence-corrected chi connectivity index (χ3v) is 3.54. The van der Waals surface area contributed by atoms with E-state index in [4.69, 9.17) is 0 Å². The first-order valence-corrected chi connectivity index (χ1v) is 6.51. The molecule has 0 bridgehead atoms. The van der Waals surface area contributed by atoms with Crippen LogP contribution in [-0.2, 0) is 19.3 Å². The highest BCUT2D eigenvalue weighted by molar-refractivity contribution is 5.38. The molecule has 1 aliphatic carbocycles.